The predicted octanol–water partition coefficient (Wildman–Crippen LogP) is 1.12. The Morgan fingerprint density at radius 3 is 2.86 bits per heavy atom. The highest BCUT2D eigenvalue weighted by Gasteiger charge is 2.06. The molecule has 110 valence electrons. The number of hydrogen-bond donors (Lipinski definition) is 2. The quantitative estimate of drug-likeness (QED) is 0.591. The van der Waals surface area contributed by atoms with Gasteiger partial charge in [-0.2, -0.15) is 0 Å². The number of aryl methyl sites for hydroxylation is 1. The van der Waals surface area contributed by atoms with Crippen molar-refractivity contribution < 1.29 is 4.79 Å². The summed E-state index contributed by atoms with van der Waals surface area (Å²) >= 11 is 4.83. The first kappa shape index (κ1) is 15.1. The fourth-order valence-electron chi connectivity index (χ4n) is 1.80. The van der Waals surface area contributed by atoms with E-state index in [1.165, 1.54) is 6.20 Å². The summed E-state index contributed by atoms with van der Waals surface area (Å²) in [6, 6.07) is 3.32. The molecule has 0 aliphatic rings. The van der Waals surface area contributed by atoms with Crippen LogP contribution >= 0.6 is 12.2 Å². The summed E-state index contributed by atoms with van der Waals surface area (Å²) < 4.78 is 2.01. The number of amides is 1. The summed E-state index contributed by atoms with van der Waals surface area (Å²) in [6.07, 6.45) is 8.84. The molecule has 0 bridgehead atoms. The molecule has 0 spiro atoms. The number of pyridine rings is 1. The number of nitrogens with two attached hydrogens (primary N) is 1. The lowest BCUT2D eigenvalue weighted by atomic mass is 10.2. The fraction of sp³-hybridized carbons (Fsp3) is 0.286. The van der Waals surface area contributed by atoms with Crippen LogP contribution in [0.15, 0.2) is 37.1 Å². The van der Waals surface area contributed by atoms with Crippen LogP contribution in [-0.4, -0.2) is 32.0 Å². The van der Waals surface area contributed by atoms with E-state index in [0.29, 0.717) is 17.8 Å². The normalized spacial score (nSPS) is 10.3. The molecular formula is C14H17N5OS. The molecule has 0 unspecified atom stereocenters. The van der Waals surface area contributed by atoms with Gasteiger partial charge in [0.2, 0.25) is 0 Å². The van der Waals surface area contributed by atoms with Crippen molar-refractivity contribution in [2.24, 2.45) is 5.73 Å². The second-order valence-electron chi connectivity index (χ2n) is 4.56. The first-order valence-electron chi connectivity index (χ1n) is 6.66. The van der Waals surface area contributed by atoms with Crippen LogP contribution in [0.4, 0.5) is 0 Å². The molecule has 21 heavy (non-hydrogen) atoms. The molecule has 0 aromatic carbocycles. The third-order valence-corrected chi connectivity index (χ3v) is 3.20. The van der Waals surface area contributed by atoms with Gasteiger partial charge in [0.05, 0.1) is 6.33 Å². The molecule has 2 aromatic heterocycles. The number of nitrogens with one attached hydrogen (secondary N) is 1. The molecule has 6 nitrogen and oxygen atoms in total. The molecule has 0 atom stereocenters. The lowest BCUT2D eigenvalue weighted by Gasteiger charge is -2.06. The maximum atomic E-state index is 11.9. The summed E-state index contributed by atoms with van der Waals surface area (Å²) in [5, 5.41) is 2.84. The van der Waals surface area contributed by atoms with E-state index in [9.17, 15) is 4.79 Å². The first-order valence-corrected chi connectivity index (χ1v) is 7.07. The summed E-state index contributed by atoms with van der Waals surface area (Å²) in [6.45, 7) is 1.52. The number of carbonyl (C=O) groups is 1. The van der Waals surface area contributed by atoms with E-state index in [0.717, 1.165) is 19.4 Å². The second kappa shape index (κ2) is 7.49. The van der Waals surface area contributed by atoms with E-state index >= 15 is 0 Å². The standard InChI is InChI=1S/C14H17N5OS/c15-13(21)11-3-4-12(18-9-11)14(20)17-5-1-2-7-19-8-6-16-10-19/h3-4,6,8-10H,1-2,5,7H2,(H2,15,21)(H,17,20). The third kappa shape index (κ3) is 4.64. The monoisotopic (exact) mass is 303 g/mol. The summed E-state index contributed by atoms with van der Waals surface area (Å²) in [5.41, 5.74) is 6.50. The number of imidazole rings is 1. The lowest BCUT2D eigenvalue weighted by Crippen LogP contribution is -2.25. The molecule has 3 N–H and O–H groups in total. The largest absolute Gasteiger partial charge is 0.389 e. The van der Waals surface area contributed by atoms with Crippen LogP contribution in [-0.2, 0) is 6.54 Å². The van der Waals surface area contributed by atoms with Gasteiger partial charge in [-0.25, -0.2) is 4.98 Å². The van der Waals surface area contributed by atoms with Gasteiger partial charge in [-0.15, -0.1) is 0 Å². The van der Waals surface area contributed by atoms with Crippen molar-refractivity contribution in [2.75, 3.05) is 6.54 Å². The number of thiocarbonyl (C=S) groups is 1. The van der Waals surface area contributed by atoms with Crippen molar-refractivity contribution >= 4 is 23.1 Å². The van der Waals surface area contributed by atoms with Gasteiger partial charge in [0.25, 0.3) is 5.91 Å². The SMILES string of the molecule is NC(=S)c1ccc(C(=O)NCCCCn2ccnc2)nc1. The average molecular weight is 303 g/mol. The Balaban J connectivity index is 1.70. The van der Waals surface area contributed by atoms with Crippen LogP contribution in [0.1, 0.15) is 28.9 Å². The number of unbranched alkanes of at least 4 members (excludes halogenated alkanes) is 1. The molecule has 0 saturated heterocycles. The Morgan fingerprint density at radius 1 is 1.38 bits per heavy atom. The molecule has 0 aliphatic carbocycles. The highest BCUT2D eigenvalue weighted by atomic mass is 32.1. The Hall–Kier alpha value is -2.28. The van der Waals surface area contributed by atoms with Crippen LogP contribution in [0.3, 0.4) is 0 Å². The van der Waals surface area contributed by atoms with Crippen molar-refractivity contribution in [3.05, 3.63) is 48.3 Å². The fourth-order valence-corrected chi connectivity index (χ4v) is 1.93. The molecule has 2 heterocycles. The average Bonchev–Trinajstić information content (AvgIpc) is 3.00. The molecule has 1 amide bonds. The zero-order valence-corrected chi connectivity index (χ0v) is 12.3. The molecule has 0 aliphatic heterocycles. The minimum absolute atomic E-state index is 0.188. The van der Waals surface area contributed by atoms with Crippen molar-refractivity contribution in [2.45, 2.75) is 19.4 Å². The predicted molar refractivity (Wildman–Crippen MR) is 83.9 cm³/mol. The zero-order valence-electron chi connectivity index (χ0n) is 11.5. The number of aromatic nitrogens is 3. The Morgan fingerprint density at radius 2 is 2.24 bits per heavy atom. The zero-order chi connectivity index (χ0) is 15.1. The van der Waals surface area contributed by atoms with E-state index in [2.05, 4.69) is 15.3 Å². The summed E-state index contributed by atoms with van der Waals surface area (Å²) in [4.78, 5) is 20.2. The molecule has 0 radical (unpaired) electrons. The van der Waals surface area contributed by atoms with Gasteiger partial charge in [0.15, 0.2) is 0 Å². The Kier molecular flexibility index (Phi) is 5.39. The lowest BCUT2D eigenvalue weighted by molar-refractivity contribution is 0.0948. The van der Waals surface area contributed by atoms with Gasteiger partial charge in [0, 0.05) is 37.2 Å². The van der Waals surface area contributed by atoms with E-state index in [1.807, 2.05) is 10.8 Å². The molecule has 0 saturated carbocycles. The van der Waals surface area contributed by atoms with Crippen molar-refractivity contribution in [1.29, 1.82) is 0 Å². The minimum atomic E-state index is -0.188. The number of hydrogen-bond acceptors (Lipinski definition) is 4. The maximum absolute atomic E-state index is 11.9. The number of carbonyl (C=O) groups excluding carboxylic acids is 1. The van der Waals surface area contributed by atoms with Gasteiger partial charge in [0.1, 0.15) is 10.7 Å². The Bertz CT molecular complexity index is 594. The van der Waals surface area contributed by atoms with Crippen LogP contribution in [0, 0.1) is 0 Å². The van der Waals surface area contributed by atoms with Gasteiger partial charge >= 0.3 is 0 Å². The van der Waals surface area contributed by atoms with E-state index in [1.54, 1.807) is 24.7 Å². The van der Waals surface area contributed by atoms with Crippen molar-refractivity contribution in [3.63, 3.8) is 0 Å². The van der Waals surface area contributed by atoms with Crippen LogP contribution in [0.25, 0.3) is 0 Å². The Labute approximate surface area is 128 Å². The van der Waals surface area contributed by atoms with Crippen molar-refractivity contribution in [3.8, 4) is 0 Å². The van der Waals surface area contributed by atoms with E-state index < -0.39 is 0 Å². The van der Waals surface area contributed by atoms with Gasteiger partial charge < -0.3 is 15.6 Å². The molecule has 0 fully saturated rings. The topological polar surface area (TPSA) is 85.8 Å². The van der Waals surface area contributed by atoms with Gasteiger partial charge in [-0.1, -0.05) is 12.2 Å². The highest BCUT2D eigenvalue weighted by molar-refractivity contribution is 7.80. The number of nitrogens with zero attached hydrogens (tertiary/aromatic N) is 3. The van der Waals surface area contributed by atoms with Crippen LogP contribution < -0.4 is 11.1 Å². The molecule has 7 heteroatoms. The minimum Gasteiger partial charge on any atom is -0.389 e. The van der Waals surface area contributed by atoms with E-state index in [-0.39, 0.29) is 10.9 Å². The molecular weight excluding hydrogens is 286 g/mol. The smallest absolute Gasteiger partial charge is 0.269 e. The van der Waals surface area contributed by atoms with E-state index in [4.69, 9.17) is 18.0 Å². The molecule has 2 rings (SSSR count). The van der Waals surface area contributed by atoms with Gasteiger partial charge in [-0.3, -0.25) is 9.78 Å². The summed E-state index contributed by atoms with van der Waals surface area (Å²) in [7, 11) is 0. The molecule has 2 aromatic rings. The second-order valence-corrected chi connectivity index (χ2v) is 5.00. The number of rotatable bonds is 7. The third-order valence-electron chi connectivity index (χ3n) is 2.97. The first-order chi connectivity index (χ1) is 10.2. The van der Waals surface area contributed by atoms with Gasteiger partial charge in [-0.05, 0) is 25.0 Å². The van der Waals surface area contributed by atoms with Crippen molar-refractivity contribution in [1.82, 2.24) is 19.9 Å². The van der Waals surface area contributed by atoms with Crippen LogP contribution in [0.5, 0.6) is 0 Å². The highest BCUT2D eigenvalue weighted by Crippen LogP contribution is 2.01. The maximum Gasteiger partial charge on any atom is 0.269 e. The van der Waals surface area contributed by atoms with Crippen LogP contribution in [0.2, 0.25) is 0 Å². The summed E-state index contributed by atoms with van der Waals surface area (Å²) in [5.74, 6) is -0.188.